The lowest BCUT2D eigenvalue weighted by Gasteiger charge is -2.13. The summed E-state index contributed by atoms with van der Waals surface area (Å²) in [7, 11) is 1.51. The summed E-state index contributed by atoms with van der Waals surface area (Å²) in [4.78, 5) is 11.3. The van der Waals surface area contributed by atoms with Gasteiger partial charge in [-0.2, -0.15) is 5.26 Å². The zero-order valence-electron chi connectivity index (χ0n) is 14.2. The van der Waals surface area contributed by atoms with E-state index in [1.165, 1.54) is 19.2 Å². The lowest BCUT2D eigenvalue weighted by molar-refractivity contribution is -0.120. The van der Waals surface area contributed by atoms with E-state index >= 15 is 0 Å². The van der Waals surface area contributed by atoms with Crippen LogP contribution in [-0.4, -0.2) is 19.6 Å². The van der Waals surface area contributed by atoms with E-state index in [1.807, 2.05) is 6.07 Å². The van der Waals surface area contributed by atoms with Crippen molar-refractivity contribution in [3.8, 4) is 17.6 Å². The molecule has 0 aromatic heterocycles. The minimum atomic E-state index is -0.429. The lowest BCUT2D eigenvalue weighted by Crippen LogP contribution is -2.24. The molecule has 2 aromatic carbocycles. The highest BCUT2D eigenvalue weighted by Gasteiger charge is 2.11. The number of halogens is 2. The van der Waals surface area contributed by atoms with Crippen LogP contribution in [0.4, 0.5) is 4.39 Å². The van der Waals surface area contributed by atoms with Crippen molar-refractivity contribution < 1.29 is 18.7 Å². The van der Waals surface area contributed by atoms with E-state index in [9.17, 15) is 9.18 Å². The molecule has 0 bridgehead atoms. The molecule has 0 atom stereocenters. The molecule has 0 aliphatic rings. The van der Waals surface area contributed by atoms with Crippen molar-refractivity contribution in [2.24, 2.45) is 0 Å². The van der Waals surface area contributed by atoms with E-state index in [1.54, 1.807) is 24.3 Å². The minimum Gasteiger partial charge on any atom is -0.493 e. The summed E-state index contributed by atoms with van der Waals surface area (Å²) < 4.78 is 24.8. The van der Waals surface area contributed by atoms with Crippen LogP contribution < -0.4 is 14.8 Å². The number of methoxy groups -OCH3 is 1. The van der Waals surface area contributed by atoms with Crippen LogP contribution >= 0.6 is 11.6 Å². The molecule has 0 fully saturated rings. The van der Waals surface area contributed by atoms with Gasteiger partial charge in [-0.3, -0.25) is 4.79 Å². The SMILES string of the molecule is COc1cc(CCNC(=O)CC#N)ccc1OCc1c(F)cccc1Cl. The van der Waals surface area contributed by atoms with Crippen LogP contribution in [0.3, 0.4) is 0 Å². The molecule has 26 heavy (non-hydrogen) atoms. The Bertz CT molecular complexity index is 801. The van der Waals surface area contributed by atoms with Crippen molar-refractivity contribution in [1.82, 2.24) is 5.32 Å². The van der Waals surface area contributed by atoms with Crippen LogP contribution in [0, 0.1) is 17.1 Å². The van der Waals surface area contributed by atoms with Crippen LogP contribution in [0.5, 0.6) is 11.5 Å². The first-order chi connectivity index (χ1) is 12.5. The Morgan fingerprint density at radius 2 is 2.12 bits per heavy atom. The van der Waals surface area contributed by atoms with Crippen molar-refractivity contribution in [1.29, 1.82) is 5.26 Å². The van der Waals surface area contributed by atoms with Crippen LogP contribution in [0.1, 0.15) is 17.5 Å². The molecule has 0 radical (unpaired) electrons. The summed E-state index contributed by atoms with van der Waals surface area (Å²) >= 11 is 5.99. The zero-order chi connectivity index (χ0) is 18.9. The average molecular weight is 377 g/mol. The molecule has 0 unspecified atom stereocenters. The van der Waals surface area contributed by atoms with E-state index in [-0.39, 0.29) is 24.5 Å². The number of rotatable bonds is 8. The highest BCUT2D eigenvalue weighted by atomic mass is 35.5. The van der Waals surface area contributed by atoms with Crippen molar-refractivity contribution in [2.45, 2.75) is 19.4 Å². The van der Waals surface area contributed by atoms with Crippen molar-refractivity contribution in [3.63, 3.8) is 0 Å². The van der Waals surface area contributed by atoms with Gasteiger partial charge in [0.15, 0.2) is 11.5 Å². The Morgan fingerprint density at radius 3 is 2.81 bits per heavy atom. The normalized spacial score (nSPS) is 10.1. The highest BCUT2D eigenvalue weighted by Crippen LogP contribution is 2.30. The fourth-order valence-corrected chi connectivity index (χ4v) is 2.51. The predicted octanol–water partition coefficient (Wildman–Crippen LogP) is 3.64. The smallest absolute Gasteiger partial charge is 0.234 e. The largest absolute Gasteiger partial charge is 0.493 e. The third kappa shape index (κ3) is 5.36. The molecule has 0 saturated heterocycles. The van der Waals surface area contributed by atoms with E-state index in [0.29, 0.717) is 29.5 Å². The Hall–Kier alpha value is -2.78. The van der Waals surface area contributed by atoms with Crippen molar-refractivity contribution in [3.05, 3.63) is 58.4 Å². The number of amides is 1. The zero-order valence-corrected chi connectivity index (χ0v) is 15.0. The molecule has 0 spiro atoms. The number of ether oxygens (including phenoxy) is 2. The Labute approximate surface area is 156 Å². The summed E-state index contributed by atoms with van der Waals surface area (Å²) in [6.07, 6.45) is 0.418. The third-order valence-corrected chi connectivity index (χ3v) is 3.99. The van der Waals surface area contributed by atoms with Gasteiger partial charge in [-0.25, -0.2) is 4.39 Å². The second kappa shape index (κ2) is 9.64. The van der Waals surface area contributed by atoms with Crippen LogP contribution in [0.2, 0.25) is 5.02 Å². The van der Waals surface area contributed by atoms with Gasteiger partial charge in [0.2, 0.25) is 5.91 Å². The summed E-state index contributed by atoms with van der Waals surface area (Å²) in [6, 6.07) is 11.6. The molecule has 136 valence electrons. The average Bonchev–Trinajstić information content (AvgIpc) is 2.62. The molecule has 1 N–H and O–H groups in total. The summed E-state index contributed by atoms with van der Waals surface area (Å²) in [6.45, 7) is 0.389. The fourth-order valence-electron chi connectivity index (χ4n) is 2.29. The Kier molecular flexibility index (Phi) is 7.24. The first-order valence-corrected chi connectivity index (χ1v) is 8.29. The number of hydrogen-bond acceptors (Lipinski definition) is 4. The minimum absolute atomic E-state index is 0.0224. The number of carbonyl (C=O) groups is 1. The number of nitriles is 1. The summed E-state index contributed by atoms with van der Waals surface area (Å²) in [5.74, 6) is 0.227. The number of nitrogens with one attached hydrogen (secondary N) is 1. The maximum atomic E-state index is 13.8. The molecule has 7 heteroatoms. The molecule has 0 saturated carbocycles. The number of nitrogens with zero attached hydrogens (tertiary/aromatic N) is 1. The molecule has 1 amide bonds. The van der Waals surface area contributed by atoms with Gasteiger partial charge in [0.05, 0.1) is 18.2 Å². The summed E-state index contributed by atoms with van der Waals surface area (Å²) in [5, 5.41) is 11.4. The predicted molar refractivity (Wildman–Crippen MR) is 95.7 cm³/mol. The number of hydrogen-bond donors (Lipinski definition) is 1. The monoisotopic (exact) mass is 376 g/mol. The quantitative estimate of drug-likeness (QED) is 0.763. The van der Waals surface area contributed by atoms with Gasteiger partial charge in [0.1, 0.15) is 18.8 Å². The maximum Gasteiger partial charge on any atom is 0.234 e. The molecule has 0 aliphatic heterocycles. The van der Waals surface area contributed by atoms with Crippen LogP contribution in [0.15, 0.2) is 36.4 Å². The van der Waals surface area contributed by atoms with Gasteiger partial charge in [-0.15, -0.1) is 0 Å². The number of benzene rings is 2. The highest BCUT2D eigenvalue weighted by molar-refractivity contribution is 6.31. The van der Waals surface area contributed by atoms with Gasteiger partial charge >= 0.3 is 0 Å². The van der Waals surface area contributed by atoms with Gasteiger partial charge in [0.25, 0.3) is 0 Å². The van der Waals surface area contributed by atoms with E-state index in [0.717, 1.165) is 5.56 Å². The first-order valence-electron chi connectivity index (χ1n) is 7.91. The molecule has 2 aromatic rings. The molecule has 0 aliphatic carbocycles. The van der Waals surface area contributed by atoms with Crippen LogP contribution in [0.25, 0.3) is 0 Å². The van der Waals surface area contributed by atoms with Crippen molar-refractivity contribution >= 4 is 17.5 Å². The fraction of sp³-hybridized carbons (Fsp3) is 0.263. The molecular weight excluding hydrogens is 359 g/mol. The van der Waals surface area contributed by atoms with Gasteiger partial charge < -0.3 is 14.8 Å². The number of carbonyl (C=O) groups excluding carboxylic acids is 1. The second-order valence-electron chi connectivity index (χ2n) is 5.41. The topological polar surface area (TPSA) is 71.3 Å². The molecule has 2 rings (SSSR count). The van der Waals surface area contributed by atoms with Gasteiger partial charge in [0, 0.05) is 12.1 Å². The Morgan fingerprint density at radius 1 is 1.31 bits per heavy atom. The maximum absolute atomic E-state index is 13.8. The molecule has 5 nitrogen and oxygen atoms in total. The van der Waals surface area contributed by atoms with E-state index in [4.69, 9.17) is 26.3 Å². The second-order valence-corrected chi connectivity index (χ2v) is 5.82. The van der Waals surface area contributed by atoms with E-state index in [2.05, 4.69) is 5.32 Å². The standard InChI is InChI=1S/C19H18ClFN2O3/c1-25-18-11-13(8-10-23-19(24)7-9-22)5-6-17(18)26-12-14-15(20)3-2-4-16(14)21/h2-6,11H,7-8,10,12H2,1H3,(H,23,24). The van der Waals surface area contributed by atoms with Crippen molar-refractivity contribution in [2.75, 3.05) is 13.7 Å². The molecular formula is C19H18ClFN2O3. The third-order valence-electron chi connectivity index (χ3n) is 3.64. The van der Waals surface area contributed by atoms with E-state index < -0.39 is 5.82 Å². The summed E-state index contributed by atoms with van der Waals surface area (Å²) in [5.41, 5.74) is 1.20. The molecule has 0 heterocycles. The van der Waals surface area contributed by atoms with Gasteiger partial charge in [-0.1, -0.05) is 23.7 Å². The first kappa shape index (κ1) is 19.5. The lowest BCUT2D eigenvalue weighted by atomic mass is 10.1. The Balaban J connectivity index is 2.00. The van der Waals surface area contributed by atoms with Crippen LogP contribution in [-0.2, 0) is 17.8 Å². The van der Waals surface area contributed by atoms with Gasteiger partial charge in [-0.05, 0) is 36.2 Å².